The Hall–Kier alpha value is -1.16. The molecule has 0 spiro atoms. The SMILES string of the molecule is CC(O)CN1CCN(CC(=O)N(C)CCC#N)CC1C. The molecule has 0 aliphatic carbocycles. The van der Waals surface area contributed by atoms with E-state index in [9.17, 15) is 9.90 Å². The van der Waals surface area contributed by atoms with Crippen LogP contribution >= 0.6 is 0 Å². The quantitative estimate of drug-likeness (QED) is 0.727. The maximum absolute atomic E-state index is 12.0. The zero-order valence-electron chi connectivity index (χ0n) is 12.7. The van der Waals surface area contributed by atoms with Crippen molar-refractivity contribution in [3.05, 3.63) is 0 Å². The molecule has 0 aromatic rings. The molecule has 1 N–H and O–H groups in total. The molecule has 1 aliphatic rings. The van der Waals surface area contributed by atoms with Crippen molar-refractivity contribution in [2.45, 2.75) is 32.4 Å². The van der Waals surface area contributed by atoms with Crippen molar-refractivity contribution in [1.82, 2.24) is 14.7 Å². The zero-order chi connectivity index (χ0) is 15.1. The van der Waals surface area contributed by atoms with Crippen LogP contribution in [0.3, 0.4) is 0 Å². The predicted molar refractivity (Wildman–Crippen MR) is 77.0 cm³/mol. The molecule has 0 aromatic carbocycles. The average Bonchev–Trinajstić information content (AvgIpc) is 2.38. The summed E-state index contributed by atoms with van der Waals surface area (Å²) < 4.78 is 0. The first-order valence-electron chi connectivity index (χ1n) is 7.19. The van der Waals surface area contributed by atoms with Gasteiger partial charge in [0.15, 0.2) is 0 Å². The third-order valence-electron chi connectivity index (χ3n) is 3.69. The Morgan fingerprint density at radius 3 is 2.80 bits per heavy atom. The van der Waals surface area contributed by atoms with Crippen LogP contribution in [-0.4, -0.2) is 84.2 Å². The Balaban J connectivity index is 2.37. The van der Waals surface area contributed by atoms with Gasteiger partial charge >= 0.3 is 0 Å². The van der Waals surface area contributed by atoms with E-state index >= 15 is 0 Å². The summed E-state index contributed by atoms with van der Waals surface area (Å²) in [7, 11) is 1.74. The molecule has 0 saturated carbocycles. The lowest BCUT2D eigenvalue weighted by Crippen LogP contribution is -2.55. The number of carbonyl (C=O) groups is 1. The molecule has 114 valence electrons. The Labute approximate surface area is 121 Å². The molecule has 2 unspecified atom stereocenters. The molecule has 2 atom stereocenters. The molecule has 1 saturated heterocycles. The van der Waals surface area contributed by atoms with Crippen LogP contribution in [0.4, 0.5) is 0 Å². The first-order chi connectivity index (χ1) is 9.43. The van der Waals surface area contributed by atoms with Gasteiger partial charge in [0, 0.05) is 45.8 Å². The number of likely N-dealkylation sites (N-methyl/N-ethyl adjacent to an activating group) is 1. The standard InChI is InChI=1S/C14H26N4O2/c1-12-9-17(7-8-18(12)10-13(2)19)11-14(20)16(3)6-4-5-15/h12-13,19H,4,6-11H2,1-3H3. The van der Waals surface area contributed by atoms with E-state index < -0.39 is 0 Å². The summed E-state index contributed by atoms with van der Waals surface area (Å²) in [6.07, 6.45) is 0.0589. The highest BCUT2D eigenvalue weighted by molar-refractivity contribution is 5.78. The predicted octanol–water partition coefficient (Wildman–Crippen LogP) is -0.255. The minimum Gasteiger partial charge on any atom is -0.392 e. The highest BCUT2D eigenvalue weighted by atomic mass is 16.3. The van der Waals surface area contributed by atoms with Crippen LogP contribution in [0, 0.1) is 11.3 Å². The van der Waals surface area contributed by atoms with E-state index in [-0.39, 0.29) is 12.0 Å². The summed E-state index contributed by atoms with van der Waals surface area (Å²) in [5.41, 5.74) is 0. The molecule has 1 aliphatic heterocycles. The van der Waals surface area contributed by atoms with Crippen LogP contribution in [0.1, 0.15) is 20.3 Å². The number of hydrogen-bond acceptors (Lipinski definition) is 5. The van der Waals surface area contributed by atoms with Gasteiger partial charge in [-0.3, -0.25) is 14.6 Å². The Kier molecular flexibility index (Phi) is 6.93. The first kappa shape index (κ1) is 16.9. The van der Waals surface area contributed by atoms with Gasteiger partial charge in [0.25, 0.3) is 0 Å². The third-order valence-corrected chi connectivity index (χ3v) is 3.69. The van der Waals surface area contributed by atoms with Gasteiger partial charge in [0.05, 0.1) is 25.1 Å². The van der Waals surface area contributed by atoms with Gasteiger partial charge < -0.3 is 10.0 Å². The second-order valence-corrected chi connectivity index (χ2v) is 5.65. The first-order valence-corrected chi connectivity index (χ1v) is 7.19. The average molecular weight is 282 g/mol. The monoisotopic (exact) mass is 282 g/mol. The summed E-state index contributed by atoms with van der Waals surface area (Å²) in [4.78, 5) is 18.0. The van der Waals surface area contributed by atoms with Gasteiger partial charge in [-0.1, -0.05) is 0 Å². The Morgan fingerprint density at radius 2 is 2.25 bits per heavy atom. The second kappa shape index (κ2) is 8.20. The fourth-order valence-corrected chi connectivity index (χ4v) is 2.48. The number of aliphatic hydroxyl groups excluding tert-OH is 1. The second-order valence-electron chi connectivity index (χ2n) is 5.65. The van der Waals surface area contributed by atoms with Crippen LogP contribution in [0.15, 0.2) is 0 Å². The highest BCUT2D eigenvalue weighted by Crippen LogP contribution is 2.10. The number of carbonyl (C=O) groups excluding carboxylic acids is 1. The summed E-state index contributed by atoms with van der Waals surface area (Å²) in [5.74, 6) is 0.0661. The fourth-order valence-electron chi connectivity index (χ4n) is 2.48. The Bertz CT molecular complexity index is 354. The van der Waals surface area contributed by atoms with Crippen molar-refractivity contribution >= 4 is 5.91 Å². The van der Waals surface area contributed by atoms with Crippen molar-refractivity contribution in [1.29, 1.82) is 5.26 Å². The van der Waals surface area contributed by atoms with Crippen molar-refractivity contribution in [3.8, 4) is 6.07 Å². The molecule has 0 aromatic heterocycles. The van der Waals surface area contributed by atoms with Gasteiger partial charge in [0.1, 0.15) is 0 Å². The fraction of sp³-hybridized carbons (Fsp3) is 0.857. The van der Waals surface area contributed by atoms with Crippen LogP contribution in [-0.2, 0) is 4.79 Å². The number of piperazine rings is 1. The van der Waals surface area contributed by atoms with Crippen molar-refractivity contribution in [3.63, 3.8) is 0 Å². The minimum atomic E-state index is -0.317. The summed E-state index contributed by atoms with van der Waals surface area (Å²) in [6.45, 7) is 8.07. The lowest BCUT2D eigenvalue weighted by atomic mass is 10.1. The van der Waals surface area contributed by atoms with Gasteiger partial charge in [-0.2, -0.15) is 5.26 Å². The van der Waals surface area contributed by atoms with Crippen LogP contribution < -0.4 is 0 Å². The van der Waals surface area contributed by atoms with Crippen LogP contribution in [0.5, 0.6) is 0 Å². The van der Waals surface area contributed by atoms with Gasteiger partial charge in [0.2, 0.25) is 5.91 Å². The number of aliphatic hydroxyl groups is 1. The van der Waals surface area contributed by atoms with E-state index in [1.54, 1.807) is 18.9 Å². The molecule has 6 nitrogen and oxygen atoms in total. The maximum atomic E-state index is 12.0. The molecular weight excluding hydrogens is 256 g/mol. The number of β-amino-alcohol motifs (C(OH)–C–C–N with tert-alkyl or cyclic N) is 1. The maximum Gasteiger partial charge on any atom is 0.236 e. The molecule has 1 amide bonds. The van der Waals surface area contributed by atoms with E-state index in [0.29, 0.717) is 32.1 Å². The smallest absolute Gasteiger partial charge is 0.236 e. The molecule has 1 rings (SSSR count). The Morgan fingerprint density at radius 1 is 1.55 bits per heavy atom. The molecule has 0 bridgehead atoms. The van der Waals surface area contributed by atoms with E-state index in [1.807, 2.05) is 0 Å². The van der Waals surface area contributed by atoms with Gasteiger partial charge in [-0.25, -0.2) is 0 Å². The summed E-state index contributed by atoms with van der Waals surface area (Å²) in [5, 5.41) is 18.0. The van der Waals surface area contributed by atoms with Crippen molar-refractivity contribution in [2.75, 3.05) is 46.3 Å². The van der Waals surface area contributed by atoms with Crippen LogP contribution in [0.2, 0.25) is 0 Å². The molecule has 1 fully saturated rings. The van der Waals surface area contributed by atoms with Gasteiger partial charge in [-0.15, -0.1) is 0 Å². The highest BCUT2D eigenvalue weighted by Gasteiger charge is 2.26. The topological polar surface area (TPSA) is 70.8 Å². The van der Waals surface area contributed by atoms with Gasteiger partial charge in [-0.05, 0) is 13.8 Å². The molecule has 6 heteroatoms. The lowest BCUT2D eigenvalue weighted by molar-refractivity contribution is -0.131. The van der Waals surface area contributed by atoms with Crippen molar-refractivity contribution < 1.29 is 9.90 Å². The molecular formula is C14H26N4O2. The number of nitriles is 1. The summed E-state index contributed by atoms with van der Waals surface area (Å²) in [6, 6.07) is 2.39. The third kappa shape index (κ3) is 5.45. The number of rotatable bonds is 6. The van der Waals surface area contributed by atoms with E-state index in [2.05, 4.69) is 22.8 Å². The number of amides is 1. The number of nitrogens with zero attached hydrogens (tertiary/aromatic N) is 4. The largest absolute Gasteiger partial charge is 0.392 e. The molecule has 1 heterocycles. The zero-order valence-corrected chi connectivity index (χ0v) is 12.7. The van der Waals surface area contributed by atoms with Crippen molar-refractivity contribution in [2.24, 2.45) is 0 Å². The molecule has 0 radical (unpaired) electrons. The minimum absolute atomic E-state index is 0.0661. The van der Waals surface area contributed by atoms with E-state index in [1.165, 1.54) is 0 Å². The molecule has 20 heavy (non-hydrogen) atoms. The normalized spacial score (nSPS) is 22.2. The van der Waals surface area contributed by atoms with Crippen LogP contribution in [0.25, 0.3) is 0 Å². The van der Waals surface area contributed by atoms with E-state index in [0.717, 1.165) is 19.6 Å². The van der Waals surface area contributed by atoms with E-state index in [4.69, 9.17) is 5.26 Å². The summed E-state index contributed by atoms with van der Waals surface area (Å²) >= 11 is 0. The lowest BCUT2D eigenvalue weighted by Gasteiger charge is -2.40. The number of hydrogen-bond donors (Lipinski definition) is 1.